The maximum Gasteiger partial charge on any atom is 0.138 e. The summed E-state index contributed by atoms with van der Waals surface area (Å²) in [7, 11) is 0. The number of aromatic nitrogens is 3. The number of hydrogen-bond acceptors (Lipinski definition) is 5. The SMILES string of the molecule is CCN1CCO[C@H](CNCc2ccc(-n3cncn3)cc2)C1. The molecule has 0 spiro atoms. The lowest BCUT2D eigenvalue weighted by atomic mass is 10.2. The Morgan fingerprint density at radius 2 is 2.18 bits per heavy atom. The van der Waals surface area contributed by atoms with Crippen molar-refractivity contribution in [2.75, 3.05) is 32.8 Å². The van der Waals surface area contributed by atoms with Gasteiger partial charge < -0.3 is 10.1 Å². The first-order chi connectivity index (χ1) is 10.8. The lowest BCUT2D eigenvalue weighted by Gasteiger charge is -2.32. The minimum atomic E-state index is 0.295. The Bertz CT molecular complexity index is 554. The third kappa shape index (κ3) is 3.91. The van der Waals surface area contributed by atoms with E-state index in [0.717, 1.165) is 45.0 Å². The Labute approximate surface area is 131 Å². The molecule has 0 amide bonds. The third-order valence-corrected chi connectivity index (χ3v) is 3.99. The summed E-state index contributed by atoms with van der Waals surface area (Å²) in [6.07, 6.45) is 3.54. The summed E-state index contributed by atoms with van der Waals surface area (Å²) < 4.78 is 7.55. The average Bonchev–Trinajstić information content (AvgIpc) is 3.10. The van der Waals surface area contributed by atoms with Crippen LogP contribution in [0.3, 0.4) is 0 Å². The first-order valence-corrected chi connectivity index (χ1v) is 7.84. The number of hydrogen-bond donors (Lipinski definition) is 1. The molecule has 0 radical (unpaired) electrons. The second-order valence-electron chi connectivity index (χ2n) is 5.52. The van der Waals surface area contributed by atoms with Crippen LogP contribution in [0.15, 0.2) is 36.9 Å². The molecule has 0 unspecified atom stereocenters. The number of ether oxygens (including phenoxy) is 1. The zero-order chi connectivity index (χ0) is 15.2. The molecule has 1 aliphatic rings. The number of nitrogens with one attached hydrogen (secondary N) is 1. The van der Waals surface area contributed by atoms with E-state index in [1.165, 1.54) is 5.56 Å². The lowest BCUT2D eigenvalue weighted by molar-refractivity contribution is -0.0253. The van der Waals surface area contributed by atoms with Crippen LogP contribution in [0.5, 0.6) is 0 Å². The van der Waals surface area contributed by atoms with Crippen molar-refractivity contribution in [1.82, 2.24) is 25.0 Å². The normalized spacial score (nSPS) is 19.4. The fourth-order valence-electron chi connectivity index (χ4n) is 2.68. The van der Waals surface area contributed by atoms with Gasteiger partial charge in [-0.3, -0.25) is 4.90 Å². The van der Waals surface area contributed by atoms with Gasteiger partial charge in [-0.15, -0.1) is 0 Å². The Hall–Kier alpha value is -1.76. The second kappa shape index (κ2) is 7.49. The largest absolute Gasteiger partial charge is 0.374 e. The highest BCUT2D eigenvalue weighted by Gasteiger charge is 2.18. The van der Waals surface area contributed by atoms with E-state index in [4.69, 9.17) is 4.74 Å². The van der Waals surface area contributed by atoms with Crippen molar-refractivity contribution < 1.29 is 4.74 Å². The molecular formula is C16H23N5O. The van der Waals surface area contributed by atoms with Gasteiger partial charge in [0.1, 0.15) is 12.7 Å². The topological polar surface area (TPSA) is 55.2 Å². The predicted octanol–water partition coefficient (Wildman–Crippen LogP) is 1.08. The standard InChI is InChI=1S/C16H23N5O/c1-2-20-7-8-22-16(11-20)10-17-9-14-3-5-15(6-4-14)21-13-18-12-19-21/h3-6,12-13,16-17H,2,7-11H2,1H3/t16-/m1/s1. The van der Waals surface area contributed by atoms with Crippen molar-refractivity contribution in [3.8, 4) is 5.69 Å². The van der Waals surface area contributed by atoms with E-state index < -0.39 is 0 Å². The molecule has 1 aromatic carbocycles. The summed E-state index contributed by atoms with van der Waals surface area (Å²) in [6, 6.07) is 8.34. The molecule has 0 saturated carbocycles. The van der Waals surface area contributed by atoms with E-state index in [-0.39, 0.29) is 0 Å². The molecule has 1 saturated heterocycles. The van der Waals surface area contributed by atoms with E-state index >= 15 is 0 Å². The number of likely N-dealkylation sites (N-methyl/N-ethyl adjacent to an activating group) is 1. The summed E-state index contributed by atoms with van der Waals surface area (Å²) in [6.45, 7) is 7.96. The maximum absolute atomic E-state index is 5.79. The molecule has 22 heavy (non-hydrogen) atoms. The van der Waals surface area contributed by atoms with Crippen LogP contribution in [-0.4, -0.2) is 58.6 Å². The van der Waals surface area contributed by atoms with E-state index in [0.29, 0.717) is 6.10 Å². The molecule has 1 fully saturated rings. The Kier molecular flexibility index (Phi) is 5.15. The van der Waals surface area contributed by atoms with Gasteiger partial charge in [0.2, 0.25) is 0 Å². The molecular weight excluding hydrogens is 278 g/mol. The monoisotopic (exact) mass is 301 g/mol. The summed E-state index contributed by atoms with van der Waals surface area (Å²) in [4.78, 5) is 6.39. The average molecular weight is 301 g/mol. The number of rotatable bonds is 6. The smallest absolute Gasteiger partial charge is 0.138 e. The zero-order valence-electron chi connectivity index (χ0n) is 13.0. The van der Waals surface area contributed by atoms with Crippen LogP contribution in [-0.2, 0) is 11.3 Å². The van der Waals surface area contributed by atoms with Gasteiger partial charge in [-0.2, -0.15) is 5.10 Å². The summed E-state index contributed by atoms with van der Waals surface area (Å²) in [5.41, 5.74) is 2.28. The van der Waals surface area contributed by atoms with Gasteiger partial charge in [0.15, 0.2) is 0 Å². The van der Waals surface area contributed by atoms with Gasteiger partial charge >= 0.3 is 0 Å². The summed E-state index contributed by atoms with van der Waals surface area (Å²) in [5.74, 6) is 0. The van der Waals surface area contributed by atoms with Crippen LogP contribution in [0.1, 0.15) is 12.5 Å². The Morgan fingerprint density at radius 1 is 1.32 bits per heavy atom. The van der Waals surface area contributed by atoms with Crippen LogP contribution < -0.4 is 5.32 Å². The van der Waals surface area contributed by atoms with E-state index in [2.05, 4.69) is 51.5 Å². The number of nitrogens with zero attached hydrogens (tertiary/aromatic N) is 4. The molecule has 1 N–H and O–H groups in total. The van der Waals surface area contributed by atoms with E-state index in [9.17, 15) is 0 Å². The molecule has 6 heteroatoms. The van der Waals surface area contributed by atoms with Gasteiger partial charge in [0, 0.05) is 26.2 Å². The number of benzene rings is 1. The molecule has 2 heterocycles. The van der Waals surface area contributed by atoms with Crippen molar-refractivity contribution >= 4 is 0 Å². The minimum Gasteiger partial charge on any atom is -0.374 e. The first-order valence-electron chi connectivity index (χ1n) is 7.84. The molecule has 1 aromatic heterocycles. The van der Waals surface area contributed by atoms with Crippen molar-refractivity contribution in [1.29, 1.82) is 0 Å². The van der Waals surface area contributed by atoms with E-state index in [1.54, 1.807) is 17.3 Å². The predicted molar refractivity (Wildman–Crippen MR) is 84.9 cm³/mol. The molecule has 0 bridgehead atoms. The molecule has 6 nitrogen and oxygen atoms in total. The highest BCUT2D eigenvalue weighted by Crippen LogP contribution is 2.08. The van der Waals surface area contributed by atoms with Gasteiger partial charge in [-0.05, 0) is 24.2 Å². The quantitative estimate of drug-likeness (QED) is 0.865. The lowest BCUT2D eigenvalue weighted by Crippen LogP contribution is -2.46. The molecule has 3 rings (SSSR count). The molecule has 2 aromatic rings. The van der Waals surface area contributed by atoms with Crippen LogP contribution in [0.4, 0.5) is 0 Å². The zero-order valence-corrected chi connectivity index (χ0v) is 13.0. The van der Waals surface area contributed by atoms with Crippen molar-refractivity contribution in [2.24, 2.45) is 0 Å². The second-order valence-corrected chi connectivity index (χ2v) is 5.52. The molecule has 1 atom stereocenters. The van der Waals surface area contributed by atoms with Crippen LogP contribution in [0.25, 0.3) is 5.69 Å². The van der Waals surface area contributed by atoms with Crippen LogP contribution >= 0.6 is 0 Å². The van der Waals surface area contributed by atoms with Crippen LogP contribution in [0, 0.1) is 0 Å². The van der Waals surface area contributed by atoms with Gasteiger partial charge in [-0.1, -0.05) is 19.1 Å². The maximum atomic E-state index is 5.79. The summed E-state index contributed by atoms with van der Waals surface area (Å²) >= 11 is 0. The van der Waals surface area contributed by atoms with Crippen molar-refractivity contribution in [2.45, 2.75) is 19.6 Å². The number of morpholine rings is 1. The van der Waals surface area contributed by atoms with E-state index in [1.807, 2.05) is 0 Å². The third-order valence-electron chi connectivity index (χ3n) is 3.99. The van der Waals surface area contributed by atoms with Gasteiger partial charge in [0.25, 0.3) is 0 Å². The molecule has 118 valence electrons. The Morgan fingerprint density at radius 3 is 2.91 bits per heavy atom. The molecule has 1 aliphatic heterocycles. The fourth-order valence-corrected chi connectivity index (χ4v) is 2.68. The van der Waals surface area contributed by atoms with Crippen LogP contribution in [0.2, 0.25) is 0 Å². The van der Waals surface area contributed by atoms with Crippen molar-refractivity contribution in [3.63, 3.8) is 0 Å². The molecule has 0 aliphatic carbocycles. The summed E-state index contributed by atoms with van der Waals surface area (Å²) in [5, 5.41) is 7.61. The van der Waals surface area contributed by atoms with Gasteiger partial charge in [-0.25, -0.2) is 9.67 Å². The Balaban J connectivity index is 1.45. The van der Waals surface area contributed by atoms with Gasteiger partial charge in [0.05, 0.1) is 18.4 Å². The first kappa shape index (κ1) is 15.1. The highest BCUT2D eigenvalue weighted by atomic mass is 16.5. The fraction of sp³-hybridized carbons (Fsp3) is 0.500. The minimum absolute atomic E-state index is 0.295. The van der Waals surface area contributed by atoms with Crippen molar-refractivity contribution in [3.05, 3.63) is 42.5 Å². The highest BCUT2D eigenvalue weighted by molar-refractivity contribution is 5.33.